The van der Waals surface area contributed by atoms with Crippen molar-refractivity contribution in [1.29, 1.82) is 0 Å². The lowest BCUT2D eigenvalue weighted by Gasteiger charge is -2.12. The Morgan fingerprint density at radius 2 is 1.82 bits per heavy atom. The van der Waals surface area contributed by atoms with E-state index in [1.54, 1.807) is 25.3 Å². The SMILES string of the molecule is COc1cccc(-n2c(C)cc(/C=C3\SC(=O)N(Cc4ccc([N+](=O)[O-])cc4)C3=O)c2C)c1. The second-order valence-electron chi connectivity index (χ2n) is 7.55. The number of amides is 2. The molecule has 1 saturated heterocycles. The summed E-state index contributed by atoms with van der Waals surface area (Å²) < 4.78 is 7.39. The molecule has 0 bridgehead atoms. The van der Waals surface area contributed by atoms with Gasteiger partial charge in [0.2, 0.25) is 0 Å². The average molecular weight is 464 g/mol. The van der Waals surface area contributed by atoms with Gasteiger partial charge in [-0.25, -0.2) is 0 Å². The molecule has 4 rings (SSSR count). The summed E-state index contributed by atoms with van der Waals surface area (Å²) in [6, 6.07) is 15.5. The molecule has 0 atom stereocenters. The molecule has 9 heteroatoms. The van der Waals surface area contributed by atoms with Crippen LogP contribution in [0.15, 0.2) is 59.5 Å². The van der Waals surface area contributed by atoms with Gasteiger partial charge in [0, 0.05) is 35.3 Å². The van der Waals surface area contributed by atoms with Crippen molar-refractivity contribution in [3.8, 4) is 11.4 Å². The van der Waals surface area contributed by atoms with Crippen LogP contribution in [0.25, 0.3) is 11.8 Å². The minimum atomic E-state index is -0.491. The summed E-state index contributed by atoms with van der Waals surface area (Å²) in [5.74, 6) is 0.364. The highest BCUT2D eigenvalue weighted by atomic mass is 32.2. The van der Waals surface area contributed by atoms with Crippen LogP contribution in [0.5, 0.6) is 5.75 Å². The highest BCUT2D eigenvalue weighted by Crippen LogP contribution is 2.35. The van der Waals surface area contributed by atoms with E-state index in [-0.39, 0.29) is 23.4 Å². The van der Waals surface area contributed by atoms with E-state index < -0.39 is 4.92 Å². The number of nitro benzene ring substituents is 1. The van der Waals surface area contributed by atoms with Crippen molar-refractivity contribution in [3.05, 3.63) is 92.1 Å². The van der Waals surface area contributed by atoms with E-state index in [1.807, 2.05) is 44.2 Å². The average Bonchev–Trinajstić information content (AvgIpc) is 3.23. The first kappa shape index (κ1) is 22.3. The number of nitro groups is 1. The summed E-state index contributed by atoms with van der Waals surface area (Å²) in [7, 11) is 1.62. The number of benzene rings is 2. The fourth-order valence-electron chi connectivity index (χ4n) is 3.76. The van der Waals surface area contributed by atoms with Crippen LogP contribution in [-0.2, 0) is 11.3 Å². The van der Waals surface area contributed by atoms with Crippen LogP contribution in [0, 0.1) is 24.0 Å². The molecule has 1 fully saturated rings. The zero-order valence-corrected chi connectivity index (χ0v) is 19.1. The van der Waals surface area contributed by atoms with E-state index in [0.29, 0.717) is 10.5 Å². The van der Waals surface area contributed by atoms with E-state index in [0.717, 1.165) is 45.1 Å². The lowest BCUT2D eigenvalue weighted by Crippen LogP contribution is -2.27. The smallest absolute Gasteiger partial charge is 0.293 e. The van der Waals surface area contributed by atoms with Crippen molar-refractivity contribution in [2.75, 3.05) is 7.11 Å². The van der Waals surface area contributed by atoms with Crippen molar-refractivity contribution in [1.82, 2.24) is 9.47 Å². The number of hydrogen-bond donors (Lipinski definition) is 0. The Morgan fingerprint density at radius 1 is 1.09 bits per heavy atom. The molecule has 33 heavy (non-hydrogen) atoms. The van der Waals surface area contributed by atoms with E-state index in [4.69, 9.17) is 4.74 Å². The first-order valence-electron chi connectivity index (χ1n) is 10.1. The Balaban J connectivity index is 1.59. The monoisotopic (exact) mass is 463 g/mol. The van der Waals surface area contributed by atoms with Crippen molar-refractivity contribution in [2.24, 2.45) is 0 Å². The lowest BCUT2D eigenvalue weighted by atomic mass is 10.2. The number of rotatable bonds is 6. The van der Waals surface area contributed by atoms with Crippen LogP contribution in [0.1, 0.15) is 22.5 Å². The summed E-state index contributed by atoms with van der Waals surface area (Å²) in [6.45, 7) is 3.99. The van der Waals surface area contributed by atoms with Gasteiger partial charge in [0.25, 0.3) is 16.8 Å². The number of methoxy groups -OCH3 is 1. The summed E-state index contributed by atoms with van der Waals surface area (Å²) in [4.78, 5) is 37.3. The van der Waals surface area contributed by atoms with E-state index >= 15 is 0 Å². The molecule has 0 aliphatic carbocycles. The van der Waals surface area contributed by atoms with Gasteiger partial charge in [-0.3, -0.25) is 24.6 Å². The van der Waals surface area contributed by atoms with E-state index in [2.05, 4.69) is 4.57 Å². The van der Waals surface area contributed by atoms with Crippen LogP contribution < -0.4 is 4.74 Å². The predicted molar refractivity (Wildman–Crippen MR) is 126 cm³/mol. The summed E-state index contributed by atoms with van der Waals surface area (Å²) in [5.41, 5.74) is 4.30. The molecule has 0 spiro atoms. The zero-order valence-electron chi connectivity index (χ0n) is 18.3. The van der Waals surface area contributed by atoms with E-state index in [9.17, 15) is 19.7 Å². The van der Waals surface area contributed by atoms with Crippen molar-refractivity contribution < 1.29 is 19.2 Å². The number of imide groups is 1. The van der Waals surface area contributed by atoms with Gasteiger partial charge in [0.15, 0.2) is 0 Å². The second-order valence-corrected chi connectivity index (χ2v) is 8.55. The van der Waals surface area contributed by atoms with Gasteiger partial charge < -0.3 is 9.30 Å². The zero-order chi connectivity index (χ0) is 23.7. The molecule has 0 radical (unpaired) electrons. The van der Waals surface area contributed by atoms with Gasteiger partial charge in [-0.05, 0) is 61.0 Å². The summed E-state index contributed by atoms with van der Waals surface area (Å²) in [5, 5.41) is 10.5. The summed E-state index contributed by atoms with van der Waals surface area (Å²) >= 11 is 0.891. The Bertz CT molecular complexity index is 1290. The third-order valence-corrected chi connectivity index (χ3v) is 6.34. The number of aromatic nitrogens is 1. The van der Waals surface area contributed by atoms with Gasteiger partial charge in [-0.1, -0.05) is 18.2 Å². The van der Waals surface area contributed by atoms with Gasteiger partial charge in [0.1, 0.15) is 5.75 Å². The number of nitrogens with zero attached hydrogens (tertiary/aromatic N) is 3. The Hall–Kier alpha value is -3.85. The topological polar surface area (TPSA) is 94.7 Å². The number of hydrogen-bond acceptors (Lipinski definition) is 6. The molecule has 0 unspecified atom stereocenters. The molecular weight excluding hydrogens is 442 g/mol. The first-order chi connectivity index (χ1) is 15.8. The fourth-order valence-corrected chi connectivity index (χ4v) is 4.59. The van der Waals surface area contributed by atoms with Crippen LogP contribution in [-0.4, -0.2) is 32.6 Å². The molecule has 8 nitrogen and oxygen atoms in total. The summed E-state index contributed by atoms with van der Waals surface area (Å²) in [6.07, 6.45) is 1.74. The minimum absolute atomic E-state index is 0.0424. The van der Waals surface area contributed by atoms with Crippen molar-refractivity contribution in [2.45, 2.75) is 20.4 Å². The molecule has 0 saturated carbocycles. The number of ether oxygens (including phenoxy) is 1. The van der Waals surface area contributed by atoms with Crippen LogP contribution in [0.2, 0.25) is 0 Å². The Kier molecular flexibility index (Phi) is 6.06. The van der Waals surface area contributed by atoms with Crippen molar-refractivity contribution >= 4 is 34.7 Å². The maximum atomic E-state index is 12.9. The number of non-ortho nitro benzene ring substituents is 1. The van der Waals surface area contributed by atoms with Gasteiger partial charge in [0.05, 0.1) is 23.5 Å². The minimum Gasteiger partial charge on any atom is -0.497 e. The molecule has 1 aliphatic rings. The largest absolute Gasteiger partial charge is 0.497 e. The normalized spacial score (nSPS) is 14.9. The van der Waals surface area contributed by atoms with E-state index in [1.165, 1.54) is 12.1 Å². The molecule has 2 aromatic carbocycles. The third kappa shape index (κ3) is 4.40. The molecule has 0 N–H and O–H groups in total. The predicted octanol–water partition coefficient (Wildman–Crippen LogP) is 5.25. The third-order valence-electron chi connectivity index (χ3n) is 5.43. The lowest BCUT2D eigenvalue weighted by molar-refractivity contribution is -0.384. The highest BCUT2D eigenvalue weighted by molar-refractivity contribution is 8.18. The van der Waals surface area contributed by atoms with Gasteiger partial charge in [-0.15, -0.1) is 0 Å². The molecule has 3 aromatic rings. The van der Waals surface area contributed by atoms with Crippen LogP contribution >= 0.6 is 11.8 Å². The molecule has 2 heterocycles. The Labute approximate surface area is 194 Å². The molecule has 2 amide bonds. The Morgan fingerprint density at radius 3 is 2.48 bits per heavy atom. The maximum Gasteiger partial charge on any atom is 0.293 e. The van der Waals surface area contributed by atoms with Crippen LogP contribution in [0.4, 0.5) is 10.5 Å². The second kappa shape index (κ2) is 8.95. The quantitative estimate of drug-likeness (QED) is 0.282. The number of thioether (sulfide) groups is 1. The van der Waals surface area contributed by atoms with Gasteiger partial charge >= 0.3 is 0 Å². The standard InChI is InChI=1S/C24H21N3O5S/c1-15-11-18(16(2)26(15)20-5-4-6-21(13-20)32-3)12-22-23(28)25(24(29)33-22)14-17-7-9-19(10-8-17)27(30)31/h4-13H,14H2,1-3H3/b22-12-. The van der Waals surface area contributed by atoms with Crippen LogP contribution in [0.3, 0.4) is 0 Å². The molecule has 168 valence electrons. The highest BCUT2D eigenvalue weighted by Gasteiger charge is 2.35. The molecule has 1 aromatic heterocycles. The number of aryl methyl sites for hydroxylation is 1. The fraction of sp³-hybridized carbons (Fsp3) is 0.167. The molecule has 1 aliphatic heterocycles. The number of carbonyl (C=O) groups is 2. The first-order valence-corrected chi connectivity index (χ1v) is 10.9. The molecular formula is C24H21N3O5S. The maximum absolute atomic E-state index is 12.9. The van der Waals surface area contributed by atoms with Gasteiger partial charge in [-0.2, -0.15) is 0 Å². The number of carbonyl (C=O) groups excluding carboxylic acids is 2. The van der Waals surface area contributed by atoms with Crippen molar-refractivity contribution in [3.63, 3.8) is 0 Å².